The molecule has 2 rings (SSSR count). The number of ether oxygens (including phenoxy) is 1. The number of esters is 1. The Bertz CT molecular complexity index is 798. The molecule has 0 aliphatic carbocycles. The lowest BCUT2D eigenvalue weighted by molar-refractivity contribution is 0.0593. The fraction of sp³-hybridized carbons (Fsp3) is 0.333. The van der Waals surface area contributed by atoms with Crippen molar-refractivity contribution in [2.45, 2.75) is 20.8 Å². The van der Waals surface area contributed by atoms with Crippen molar-refractivity contribution < 1.29 is 9.53 Å². The lowest BCUT2D eigenvalue weighted by Crippen LogP contribution is -2.22. The molecule has 0 amide bonds. The number of anilines is 2. The molecule has 0 aliphatic heterocycles. The molecular formula is C18H22N4O2. The molecule has 0 saturated carbocycles. The lowest BCUT2D eigenvalue weighted by Gasteiger charge is -2.22. The topological polar surface area (TPSA) is 84.3 Å². The first-order valence-corrected chi connectivity index (χ1v) is 7.83. The second-order valence-corrected chi connectivity index (χ2v) is 5.42. The Kier molecular flexibility index (Phi) is 5.14. The summed E-state index contributed by atoms with van der Waals surface area (Å²) in [6, 6.07) is 8.00. The average Bonchev–Trinajstić information content (AvgIpc) is 2.91. The van der Waals surface area contributed by atoms with Crippen LogP contribution in [0.4, 0.5) is 11.4 Å². The van der Waals surface area contributed by atoms with Gasteiger partial charge < -0.3 is 19.9 Å². The van der Waals surface area contributed by atoms with Gasteiger partial charge in [0.15, 0.2) is 5.69 Å². The first kappa shape index (κ1) is 17.4. The lowest BCUT2D eigenvalue weighted by atomic mass is 10.1. The van der Waals surface area contributed by atoms with Crippen LogP contribution < -0.4 is 10.6 Å². The van der Waals surface area contributed by atoms with E-state index in [-0.39, 0.29) is 16.9 Å². The molecule has 0 aliphatic rings. The zero-order chi connectivity index (χ0) is 17.9. The molecule has 126 valence electrons. The molecule has 6 heteroatoms. The first-order valence-electron chi connectivity index (χ1n) is 7.83. The van der Waals surface area contributed by atoms with E-state index in [1.165, 1.54) is 7.11 Å². The molecule has 0 fully saturated rings. The molecule has 0 atom stereocenters. The predicted octanol–water partition coefficient (Wildman–Crippen LogP) is 2.87. The fourth-order valence-electron chi connectivity index (χ4n) is 2.80. The van der Waals surface area contributed by atoms with Crippen LogP contribution in [0.2, 0.25) is 0 Å². The highest BCUT2D eigenvalue weighted by Crippen LogP contribution is 2.28. The molecule has 2 aromatic rings. The van der Waals surface area contributed by atoms with Gasteiger partial charge in [0, 0.05) is 30.7 Å². The molecular weight excluding hydrogens is 304 g/mol. The Morgan fingerprint density at radius 2 is 2.04 bits per heavy atom. The number of hydrogen-bond acceptors (Lipinski definition) is 5. The van der Waals surface area contributed by atoms with Crippen molar-refractivity contribution in [2.75, 3.05) is 30.8 Å². The van der Waals surface area contributed by atoms with Crippen molar-refractivity contribution in [2.24, 2.45) is 0 Å². The number of nitrogens with two attached hydrogens (primary N) is 1. The van der Waals surface area contributed by atoms with E-state index in [4.69, 9.17) is 10.5 Å². The number of nitrogens with zero attached hydrogens (tertiary/aromatic N) is 3. The summed E-state index contributed by atoms with van der Waals surface area (Å²) in [5, 5.41) is 9.21. The third kappa shape index (κ3) is 2.93. The van der Waals surface area contributed by atoms with E-state index in [0.717, 1.165) is 30.0 Å². The van der Waals surface area contributed by atoms with Crippen molar-refractivity contribution in [3.05, 3.63) is 41.2 Å². The molecule has 1 aromatic carbocycles. The largest absolute Gasteiger partial charge is 0.464 e. The van der Waals surface area contributed by atoms with Crippen LogP contribution in [0.25, 0.3) is 5.69 Å². The molecule has 6 nitrogen and oxygen atoms in total. The minimum absolute atomic E-state index is 0.136. The number of nitrogen functional groups attached to an aromatic ring is 1. The van der Waals surface area contributed by atoms with Gasteiger partial charge in [0.25, 0.3) is 0 Å². The molecule has 0 saturated heterocycles. The molecule has 24 heavy (non-hydrogen) atoms. The normalized spacial score (nSPS) is 10.3. The summed E-state index contributed by atoms with van der Waals surface area (Å²) in [6.07, 6.45) is 1.57. The van der Waals surface area contributed by atoms with Gasteiger partial charge in [-0.1, -0.05) is 0 Å². The van der Waals surface area contributed by atoms with E-state index in [1.807, 2.05) is 25.1 Å². The quantitative estimate of drug-likeness (QED) is 0.854. The summed E-state index contributed by atoms with van der Waals surface area (Å²) in [6.45, 7) is 8.00. The fourth-order valence-corrected chi connectivity index (χ4v) is 2.80. The smallest absolute Gasteiger partial charge is 0.357 e. The van der Waals surface area contributed by atoms with E-state index in [0.29, 0.717) is 0 Å². The summed E-state index contributed by atoms with van der Waals surface area (Å²) in [5.74, 6) is -0.568. The number of carbonyl (C=O) groups excluding carboxylic acids is 1. The highest BCUT2D eigenvalue weighted by molar-refractivity contribution is 5.96. The maximum absolute atomic E-state index is 12.1. The number of benzene rings is 1. The Balaban J connectivity index is 2.61. The average molecular weight is 326 g/mol. The molecule has 0 radical (unpaired) electrons. The number of hydrogen-bond donors (Lipinski definition) is 1. The van der Waals surface area contributed by atoms with E-state index in [9.17, 15) is 10.1 Å². The van der Waals surface area contributed by atoms with Gasteiger partial charge in [-0.15, -0.1) is 0 Å². The molecule has 2 N–H and O–H groups in total. The first-order chi connectivity index (χ1) is 11.5. The minimum atomic E-state index is -0.568. The number of rotatable bonds is 5. The Morgan fingerprint density at radius 3 is 2.54 bits per heavy atom. The zero-order valence-corrected chi connectivity index (χ0v) is 14.5. The number of nitriles is 1. The van der Waals surface area contributed by atoms with Crippen LogP contribution in [0.3, 0.4) is 0 Å². The second kappa shape index (κ2) is 7.09. The second-order valence-electron chi connectivity index (χ2n) is 5.42. The number of methoxy groups -OCH3 is 1. The highest BCUT2D eigenvalue weighted by atomic mass is 16.5. The van der Waals surface area contributed by atoms with Crippen LogP contribution in [0.15, 0.2) is 24.4 Å². The van der Waals surface area contributed by atoms with Crippen LogP contribution in [-0.2, 0) is 4.74 Å². The maximum Gasteiger partial charge on any atom is 0.357 e. The van der Waals surface area contributed by atoms with Gasteiger partial charge >= 0.3 is 5.97 Å². The number of aromatic nitrogens is 1. The third-order valence-corrected chi connectivity index (χ3v) is 4.11. The Morgan fingerprint density at radius 1 is 1.38 bits per heavy atom. The molecule has 0 unspecified atom stereocenters. The van der Waals surface area contributed by atoms with Gasteiger partial charge in [-0.25, -0.2) is 4.79 Å². The van der Waals surface area contributed by atoms with Crippen LogP contribution in [-0.4, -0.2) is 30.7 Å². The van der Waals surface area contributed by atoms with Crippen LogP contribution in [0, 0.1) is 18.3 Å². The monoisotopic (exact) mass is 326 g/mol. The van der Waals surface area contributed by atoms with E-state index >= 15 is 0 Å². The van der Waals surface area contributed by atoms with Crippen LogP contribution >= 0.6 is 0 Å². The maximum atomic E-state index is 12.1. The Hall–Kier alpha value is -2.94. The van der Waals surface area contributed by atoms with Gasteiger partial charge in [-0.2, -0.15) is 5.26 Å². The summed E-state index contributed by atoms with van der Waals surface area (Å²) in [5.41, 5.74) is 9.39. The highest BCUT2D eigenvalue weighted by Gasteiger charge is 2.22. The van der Waals surface area contributed by atoms with E-state index in [2.05, 4.69) is 24.8 Å². The van der Waals surface area contributed by atoms with Gasteiger partial charge in [-0.05, 0) is 44.5 Å². The molecule has 1 heterocycles. The van der Waals surface area contributed by atoms with Gasteiger partial charge in [0.05, 0.1) is 18.4 Å². The van der Waals surface area contributed by atoms with E-state index in [1.54, 1.807) is 10.8 Å². The van der Waals surface area contributed by atoms with Crippen molar-refractivity contribution in [1.29, 1.82) is 5.26 Å². The minimum Gasteiger partial charge on any atom is -0.464 e. The van der Waals surface area contributed by atoms with E-state index < -0.39 is 5.97 Å². The number of aryl methyl sites for hydroxylation is 1. The van der Waals surface area contributed by atoms with Crippen molar-refractivity contribution in [1.82, 2.24) is 4.57 Å². The molecule has 0 bridgehead atoms. The van der Waals surface area contributed by atoms with Crippen molar-refractivity contribution >= 4 is 17.3 Å². The molecule has 0 spiro atoms. The number of carbonyl (C=O) groups is 1. The van der Waals surface area contributed by atoms with Crippen LogP contribution in [0.1, 0.15) is 35.5 Å². The summed E-state index contributed by atoms with van der Waals surface area (Å²) >= 11 is 0. The van der Waals surface area contributed by atoms with Crippen LogP contribution in [0.5, 0.6) is 0 Å². The SMILES string of the molecule is CCN(CC)c1ccc(-n2cc(C#N)c(N)c2C(=O)OC)c(C)c1. The Labute approximate surface area is 142 Å². The molecule has 1 aromatic heterocycles. The summed E-state index contributed by atoms with van der Waals surface area (Å²) in [4.78, 5) is 14.3. The van der Waals surface area contributed by atoms with Crippen molar-refractivity contribution in [3.63, 3.8) is 0 Å². The van der Waals surface area contributed by atoms with Gasteiger partial charge in [0.1, 0.15) is 6.07 Å². The predicted molar refractivity (Wildman–Crippen MR) is 94.5 cm³/mol. The summed E-state index contributed by atoms with van der Waals surface area (Å²) in [7, 11) is 1.29. The zero-order valence-electron chi connectivity index (χ0n) is 14.5. The van der Waals surface area contributed by atoms with Gasteiger partial charge in [0.2, 0.25) is 0 Å². The van der Waals surface area contributed by atoms with Gasteiger partial charge in [-0.3, -0.25) is 0 Å². The van der Waals surface area contributed by atoms with Crippen molar-refractivity contribution in [3.8, 4) is 11.8 Å². The third-order valence-electron chi connectivity index (χ3n) is 4.11. The standard InChI is InChI=1S/C18H22N4O2/c1-5-21(6-2)14-7-8-15(12(3)9-14)22-11-13(10-19)16(20)17(22)18(23)24-4/h7-9,11H,5-6,20H2,1-4H3. The summed E-state index contributed by atoms with van der Waals surface area (Å²) < 4.78 is 6.44.